The predicted molar refractivity (Wildman–Crippen MR) is 82.8 cm³/mol. The Hall–Kier alpha value is -2.88. The molecule has 0 saturated heterocycles. The van der Waals surface area contributed by atoms with E-state index < -0.39 is 0 Å². The molecule has 0 fully saturated rings. The lowest BCUT2D eigenvalue weighted by Crippen LogP contribution is -1.97. The SMILES string of the molecule is COc1ccc(C=O)cc1/C(=C1/C=CC=N1)c1ccc[nH]1. The number of aromatic nitrogens is 1. The van der Waals surface area contributed by atoms with E-state index in [0.717, 1.165) is 28.8 Å². The Labute approximate surface area is 122 Å². The summed E-state index contributed by atoms with van der Waals surface area (Å²) >= 11 is 0. The van der Waals surface area contributed by atoms with Crippen LogP contribution in [0.4, 0.5) is 0 Å². The number of methoxy groups -OCH3 is 1. The first kappa shape index (κ1) is 13.1. The summed E-state index contributed by atoms with van der Waals surface area (Å²) in [4.78, 5) is 18.7. The van der Waals surface area contributed by atoms with Crippen LogP contribution in [0.25, 0.3) is 5.57 Å². The van der Waals surface area contributed by atoms with Crippen molar-refractivity contribution in [1.29, 1.82) is 0 Å². The third-order valence-electron chi connectivity index (χ3n) is 3.31. The van der Waals surface area contributed by atoms with Crippen LogP contribution in [-0.4, -0.2) is 24.6 Å². The summed E-state index contributed by atoms with van der Waals surface area (Å²) in [6, 6.07) is 9.24. The Morgan fingerprint density at radius 2 is 2.24 bits per heavy atom. The number of carbonyl (C=O) groups excluding carboxylic acids is 1. The van der Waals surface area contributed by atoms with E-state index in [9.17, 15) is 4.79 Å². The van der Waals surface area contributed by atoms with Gasteiger partial charge in [0.15, 0.2) is 0 Å². The molecule has 2 heterocycles. The van der Waals surface area contributed by atoms with Gasteiger partial charge in [0.1, 0.15) is 12.0 Å². The Kier molecular flexibility index (Phi) is 3.51. The summed E-state index contributed by atoms with van der Waals surface area (Å²) in [5, 5.41) is 0. The number of rotatable bonds is 4. The first-order chi connectivity index (χ1) is 10.3. The summed E-state index contributed by atoms with van der Waals surface area (Å²) in [5.41, 5.74) is 4.10. The van der Waals surface area contributed by atoms with Gasteiger partial charge in [-0.2, -0.15) is 0 Å². The largest absolute Gasteiger partial charge is 0.496 e. The molecule has 3 rings (SSSR count). The van der Waals surface area contributed by atoms with Gasteiger partial charge in [-0.15, -0.1) is 0 Å². The highest BCUT2D eigenvalue weighted by Gasteiger charge is 2.17. The van der Waals surface area contributed by atoms with Crippen molar-refractivity contribution >= 4 is 18.1 Å². The predicted octanol–water partition coefficient (Wildman–Crippen LogP) is 3.24. The van der Waals surface area contributed by atoms with Crippen LogP contribution in [0.2, 0.25) is 0 Å². The number of hydrogen-bond acceptors (Lipinski definition) is 3. The number of carbonyl (C=O) groups is 1. The maximum Gasteiger partial charge on any atom is 0.150 e. The molecule has 1 aromatic heterocycles. The van der Waals surface area contributed by atoms with E-state index in [1.807, 2.05) is 36.5 Å². The molecule has 0 saturated carbocycles. The molecule has 1 aliphatic heterocycles. The zero-order valence-electron chi connectivity index (χ0n) is 11.5. The van der Waals surface area contributed by atoms with Crippen LogP contribution < -0.4 is 4.74 Å². The number of hydrogen-bond donors (Lipinski definition) is 1. The number of nitrogens with one attached hydrogen (secondary N) is 1. The fourth-order valence-electron chi connectivity index (χ4n) is 2.35. The zero-order valence-corrected chi connectivity index (χ0v) is 11.5. The topological polar surface area (TPSA) is 54.4 Å². The van der Waals surface area contributed by atoms with E-state index in [0.29, 0.717) is 11.3 Å². The summed E-state index contributed by atoms with van der Waals surface area (Å²) in [6.07, 6.45) is 8.24. The minimum Gasteiger partial charge on any atom is -0.496 e. The summed E-state index contributed by atoms with van der Waals surface area (Å²) in [6.45, 7) is 0. The molecule has 0 radical (unpaired) electrons. The molecular formula is C17H14N2O2. The first-order valence-corrected chi connectivity index (χ1v) is 6.56. The van der Waals surface area contributed by atoms with E-state index in [1.165, 1.54) is 0 Å². The number of benzene rings is 1. The highest BCUT2D eigenvalue weighted by Crippen LogP contribution is 2.34. The highest BCUT2D eigenvalue weighted by molar-refractivity contribution is 5.91. The molecule has 0 aliphatic carbocycles. The van der Waals surface area contributed by atoms with Gasteiger partial charge < -0.3 is 9.72 Å². The van der Waals surface area contributed by atoms with Crippen LogP contribution in [0.1, 0.15) is 21.6 Å². The van der Waals surface area contributed by atoms with E-state index in [4.69, 9.17) is 4.74 Å². The molecule has 104 valence electrons. The van der Waals surface area contributed by atoms with Crippen LogP contribution in [0.5, 0.6) is 5.75 Å². The molecule has 0 bridgehead atoms. The normalized spacial score (nSPS) is 15.3. The van der Waals surface area contributed by atoms with Crippen molar-refractivity contribution in [2.75, 3.05) is 7.11 Å². The molecular weight excluding hydrogens is 264 g/mol. The highest BCUT2D eigenvalue weighted by atomic mass is 16.5. The third kappa shape index (κ3) is 2.43. The zero-order chi connectivity index (χ0) is 14.7. The van der Waals surface area contributed by atoms with Gasteiger partial charge >= 0.3 is 0 Å². The number of ether oxygens (including phenoxy) is 1. The second kappa shape index (κ2) is 5.63. The Morgan fingerprint density at radius 3 is 2.86 bits per heavy atom. The van der Waals surface area contributed by atoms with Crippen LogP contribution >= 0.6 is 0 Å². The number of allylic oxidation sites excluding steroid dienone is 2. The average molecular weight is 278 g/mol. The van der Waals surface area contributed by atoms with Crippen molar-refractivity contribution in [2.45, 2.75) is 0 Å². The van der Waals surface area contributed by atoms with Crippen LogP contribution in [-0.2, 0) is 0 Å². The van der Waals surface area contributed by atoms with Gasteiger partial charge in [0.2, 0.25) is 0 Å². The van der Waals surface area contributed by atoms with Crippen molar-refractivity contribution in [2.24, 2.45) is 4.99 Å². The molecule has 0 spiro atoms. The average Bonchev–Trinajstić information content (AvgIpc) is 3.21. The minimum absolute atomic E-state index is 0.599. The van der Waals surface area contributed by atoms with Crippen molar-refractivity contribution in [3.63, 3.8) is 0 Å². The van der Waals surface area contributed by atoms with E-state index >= 15 is 0 Å². The Bertz CT molecular complexity index is 739. The second-order valence-electron chi connectivity index (χ2n) is 4.56. The molecule has 0 amide bonds. The number of H-pyrrole nitrogens is 1. The molecule has 0 atom stereocenters. The molecule has 0 unspecified atom stereocenters. The fraction of sp³-hybridized carbons (Fsp3) is 0.0588. The van der Waals surface area contributed by atoms with Crippen molar-refractivity contribution in [1.82, 2.24) is 4.98 Å². The number of aldehydes is 1. The lowest BCUT2D eigenvalue weighted by molar-refractivity contribution is 0.112. The van der Waals surface area contributed by atoms with Crippen molar-refractivity contribution in [3.05, 3.63) is 71.2 Å². The Morgan fingerprint density at radius 1 is 1.33 bits per heavy atom. The summed E-state index contributed by atoms with van der Waals surface area (Å²) in [5.74, 6) is 0.702. The molecule has 1 N–H and O–H groups in total. The lowest BCUT2D eigenvalue weighted by atomic mass is 9.97. The standard InChI is InChI=1S/C17H14N2O2/c1-21-16-7-6-12(11-20)10-13(16)17(14-4-2-8-18-14)15-5-3-9-19-15/h2-11,18H,1H3/b17-15+. The lowest BCUT2D eigenvalue weighted by Gasteiger charge is -2.13. The van der Waals surface area contributed by atoms with Crippen LogP contribution in [0.15, 0.2) is 59.4 Å². The number of aliphatic imine (C=N–C) groups is 1. The first-order valence-electron chi connectivity index (χ1n) is 6.56. The van der Waals surface area contributed by atoms with E-state index in [2.05, 4.69) is 9.98 Å². The monoisotopic (exact) mass is 278 g/mol. The van der Waals surface area contributed by atoms with Crippen LogP contribution in [0, 0.1) is 0 Å². The molecule has 21 heavy (non-hydrogen) atoms. The van der Waals surface area contributed by atoms with Crippen LogP contribution in [0.3, 0.4) is 0 Å². The number of nitrogens with zero attached hydrogens (tertiary/aromatic N) is 1. The van der Waals surface area contributed by atoms with Gasteiger partial charge in [-0.1, -0.05) is 0 Å². The van der Waals surface area contributed by atoms with Gasteiger partial charge in [0.05, 0.1) is 12.8 Å². The molecule has 4 heteroatoms. The van der Waals surface area contributed by atoms with E-state index in [-0.39, 0.29) is 0 Å². The minimum atomic E-state index is 0.599. The molecule has 2 aromatic rings. The quantitative estimate of drug-likeness (QED) is 0.873. The van der Waals surface area contributed by atoms with Gasteiger partial charge in [-0.05, 0) is 42.5 Å². The molecule has 1 aliphatic rings. The smallest absolute Gasteiger partial charge is 0.150 e. The molecule has 1 aromatic carbocycles. The number of aromatic amines is 1. The van der Waals surface area contributed by atoms with Gasteiger partial charge in [0, 0.05) is 34.8 Å². The summed E-state index contributed by atoms with van der Waals surface area (Å²) < 4.78 is 5.44. The van der Waals surface area contributed by atoms with Gasteiger partial charge in [-0.3, -0.25) is 9.79 Å². The fourth-order valence-corrected chi connectivity index (χ4v) is 2.35. The van der Waals surface area contributed by atoms with Crippen molar-refractivity contribution in [3.8, 4) is 5.75 Å². The maximum absolute atomic E-state index is 11.1. The van der Waals surface area contributed by atoms with Crippen molar-refractivity contribution < 1.29 is 9.53 Å². The second-order valence-corrected chi connectivity index (χ2v) is 4.56. The van der Waals surface area contributed by atoms with E-state index in [1.54, 1.807) is 25.5 Å². The van der Waals surface area contributed by atoms with Gasteiger partial charge in [0.25, 0.3) is 0 Å². The molecule has 4 nitrogen and oxygen atoms in total. The third-order valence-corrected chi connectivity index (χ3v) is 3.31. The maximum atomic E-state index is 11.1. The Balaban J connectivity index is 2.27. The summed E-state index contributed by atoms with van der Waals surface area (Å²) in [7, 11) is 1.62. The van der Waals surface area contributed by atoms with Gasteiger partial charge in [-0.25, -0.2) is 0 Å².